The van der Waals surface area contributed by atoms with Crippen LogP contribution in [0.4, 0.5) is 5.69 Å². The third kappa shape index (κ3) is 5.31. The molecule has 0 aliphatic carbocycles. The van der Waals surface area contributed by atoms with Crippen LogP contribution in [-0.2, 0) is 6.54 Å². The minimum Gasteiger partial charge on any atom is -0.322 e. The Hall–Kier alpha value is -2.64. The van der Waals surface area contributed by atoms with Crippen LogP contribution in [0.15, 0.2) is 82.6 Å². The van der Waals surface area contributed by atoms with Crippen LogP contribution in [0.25, 0.3) is 5.69 Å². The number of rotatable bonds is 6. The maximum absolute atomic E-state index is 13.4. The average molecular weight is 519 g/mol. The molecule has 1 N–H and O–H groups in total. The lowest BCUT2D eigenvalue weighted by molar-refractivity contribution is 0.102. The molecule has 0 aliphatic heterocycles. The molecule has 0 bridgehead atoms. The number of halogens is 3. The lowest BCUT2D eigenvalue weighted by atomic mass is 10.2. The van der Waals surface area contributed by atoms with E-state index in [2.05, 4.69) is 5.32 Å². The zero-order valence-electron chi connectivity index (χ0n) is 17.4. The van der Waals surface area contributed by atoms with E-state index < -0.39 is 11.5 Å². The summed E-state index contributed by atoms with van der Waals surface area (Å²) in [5, 5.41) is 4.09. The fourth-order valence-electron chi connectivity index (χ4n) is 3.36. The first kappa shape index (κ1) is 23.5. The molecule has 9 heteroatoms. The molecule has 1 heterocycles. The Morgan fingerprint density at radius 2 is 1.70 bits per heavy atom. The molecule has 4 rings (SSSR count). The number of thioether (sulfide) groups is 1. The molecule has 4 aromatic rings. The van der Waals surface area contributed by atoms with Gasteiger partial charge in [0.2, 0.25) is 0 Å². The van der Waals surface area contributed by atoms with Crippen molar-refractivity contribution in [2.75, 3.05) is 11.6 Å². The van der Waals surface area contributed by atoms with Gasteiger partial charge >= 0.3 is 0 Å². The highest BCUT2D eigenvalue weighted by atomic mass is 35.5. The van der Waals surface area contributed by atoms with E-state index in [-0.39, 0.29) is 10.6 Å². The minimum absolute atomic E-state index is 0.0167. The highest BCUT2D eigenvalue weighted by molar-refractivity contribution is 7.98. The zero-order chi connectivity index (χ0) is 23.5. The summed E-state index contributed by atoms with van der Waals surface area (Å²) in [6.45, 7) is 0.296. The van der Waals surface area contributed by atoms with Crippen molar-refractivity contribution in [1.29, 1.82) is 0 Å². The van der Waals surface area contributed by atoms with Gasteiger partial charge in [-0.05, 0) is 66.4 Å². The van der Waals surface area contributed by atoms with Gasteiger partial charge in [-0.1, -0.05) is 46.9 Å². The summed E-state index contributed by atoms with van der Waals surface area (Å²) in [5.74, 6) is -0.513. The first-order valence-electron chi connectivity index (χ1n) is 9.83. The zero-order valence-corrected chi connectivity index (χ0v) is 20.5. The molecular formula is C24H18Cl3N3O2S. The van der Waals surface area contributed by atoms with E-state index in [0.29, 0.717) is 28.0 Å². The topological polar surface area (TPSA) is 56.0 Å². The van der Waals surface area contributed by atoms with Gasteiger partial charge in [0.05, 0.1) is 17.3 Å². The van der Waals surface area contributed by atoms with Crippen LogP contribution in [0.1, 0.15) is 15.9 Å². The Balaban J connectivity index is 1.76. The van der Waals surface area contributed by atoms with E-state index in [1.54, 1.807) is 58.9 Å². The van der Waals surface area contributed by atoms with Crippen molar-refractivity contribution in [2.24, 2.45) is 0 Å². The molecule has 0 fully saturated rings. The fourth-order valence-corrected chi connectivity index (χ4v) is 4.47. The highest BCUT2D eigenvalue weighted by Crippen LogP contribution is 2.25. The molecule has 0 atom stereocenters. The van der Waals surface area contributed by atoms with Crippen molar-refractivity contribution in [3.8, 4) is 5.69 Å². The predicted molar refractivity (Wildman–Crippen MR) is 137 cm³/mol. The molecule has 1 amide bonds. The first-order chi connectivity index (χ1) is 15.9. The first-order valence-corrected chi connectivity index (χ1v) is 12.2. The SMILES string of the molecule is CSc1ccc(NC(=O)c2cn(Cc3cccc(Cl)c3)n(-c3ccc(Cl)cc3Cl)c2=O)cc1. The molecule has 0 saturated heterocycles. The monoisotopic (exact) mass is 517 g/mol. The van der Waals surface area contributed by atoms with Crippen LogP contribution >= 0.6 is 46.6 Å². The van der Waals surface area contributed by atoms with Crippen molar-refractivity contribution in [3.05, 3.63) is 109 Å². The molecule has 5 nitrogen and oxygen atoms in total. The standard InChI is InChI=1S/C24H18Cl3N3O2S/c1-33-19-8-6-18(7-9-19)28-23(31)20-14-29(13-15-3-2-4-16(25)11-15)30(24(20)32)22-10-5-17(26)12-21(22)27/h2-12,14H,13H2,1H3,(H,28,31). The number of benzene rings is 3. The summed E-state index contributed by atoms with van der Waals surface area (Å²) < 4.78 is 3.00. The van der Waals surface area contributed by atoms with Crippen LogP contribution in [0.2, 0.25) is 15.1 Å². The fraction of sp³-hybridized carbons (Fsp3) is 0.0833. The average Bonchev–Trinajstić information content (AvgIpc) is 3.10. The lowest BCUT2D eigenvalue weighted by Crippen LogP contribution is -2.26. The van der Waals surface area contributed by atoms with Gasteiger partial charge in [-0.25, -0.2) is 4.68 Å². The number of carbonyl (C=O) groups is 1. The van der Waals surface area contributed by atoms with E-state index in [0.717, 1.165) is 10.5 Å². The van der Waals surface area contributed by atoms with Crippen LogP contribution in [0.5, 0.6) is 0 Å². The van der Waals surface area contributed by atoms with Crippen LogP contribution < -0.4 is 10.9 Å². The summed E-state index contributed by atoms with van der Waals surface area (Å²) >= 11 is 20.2. The molecule has 0 spiro atoms. The Morgan fingerprint density at radius 3 is 2.36 bits per heavy atom. The Bertz CT molecular complexity index is 1380. The van der Waals surface area contributed by atoms with E-state index >= 15 is 0 Å². The van der Waals surface area contributed by atoms with E-state index in [1.807, 2.05) is 30.5 Å². The minimum atomic E-state index is -0.513. The van der Waals surface area contributed by atoms with Crippen molar-refractivity contribution >= 4 is 58.2 Å². The van der Waals surface area contributed by atoms with E-state index in [1.165, 1.54) is 10.9 Å². The third-order valence-corrected chi connectivity index (χ3v) is 6.44. The molecule has 0 radical (unpaired) electrons. The van der Waals surface area contributed by atoms with Gasteiger partial charge in [0.15, 0.2) is 0 Å². The van der Waals surface area contributed by atoms with Crippen molar-refractivity contribution in [3.63, 3.8) is 0 Å². The molecular weight excluding hydrogens is 501 g/mol. The number of hydrogen-bond donors (Lipinski definition) is 1. The van der Waals surface area contributed by atoms with Gasteiger partial charge in [-0.3, -0.25) is 14.3 Å². The summed E-state index contributed by atoms with van der Waals surface area (Å²) in [4.78, 5) is 27.5. The molecule has 3 aromatic carbocycles. The maximum atomic E-state index is 13.4. The number of anilines is 1. The lowest BCUT2D eigenvalue weighted by Gasteiger charge is -2.13. The second kappa shape index (κ2) is 10.1. The van der Waals surface area contributed by atoms with Crippen LogP contribution in [0.3, 0.4) is 0 Å². The van der Waals surface area contributed by atoms with Crippen molar-refractivity contribution in [2.45, 2.75) is 11.4 Å². The largest absolute Gasteiger partial charge is 0.322 e. The number of aromatic nitrogens is 2. The van der Waals surface area contributed by atoms with E-state index in [9.17, 15) is 9.59 Å². The van der Waals surface area contributed by atoms with Gasteiger partial charge in [0, 0.05) is 26.8 Å². The molecule has 0 saturated carbocycles. The number of hydrogen-bond acceptors (Lipinski definition) is 3. The van der Waals surface area contributed by atoms with Gasteiger partial charge in [-0.2, -0.15) is 0 Å². The highest BCUT2D eigenvalue weighted by Gasteiger charge is 2.21. The number of amides is 1. The Kier molecular flexibility index (Phi) is 7.20. The maximum Gasteiger partial charge on any atom is 0.284 e. The second-order valence-electron chi connectivity index (χ2n) is 7.17. The quantitative estimate of drug-likeness (QED) is 0.292. The normalized spacial score (nSPS) is 10.9. The van der Waals surface area contributed by atoms with Crippen LogP contribution in [0, 0.1) is 0 Å². The number of nitrogens with one attached hydrogen (secondary N) is 1. The number of carbonyl (C=O) groups excluding carboxylic acids is 1. The third-order valence-electron chi connectivity index (χ3n) is 4.92. The summed E-state index contributed by atoms with van der Waals surface area (Å²) in [6.07, 6.45) is 3.49. The second-order valence-corrected chi connectivity index (χ2v) is 9.33. The number of nitrogens with zero attached hydrogens (tertiary/aromatic N) is 2. The summed E-state index contributed by atoms with van der Waals surface area (Å²) in [5.41, 5.74) is 1.35. The molecule has 33 heavy (non-hydrogen) atoms. The predicted octanol–water partition coefficient (Wildman–Crippen LogP) is 6.62. The van der Waals surface area contributed by atoms with E-state index in [4.69, 9.17) is 34.8 Å². The van der Waals surface area contributed by atoms with Crippen molar-refractivity contribution < 1.29 is 4.79 Å². The molecule has 0 aliphatic rings. The Labute approximate surface area is 209 Å². The van der Waals surface area contributed by atoms with Gasteiger partial charge in [0.25, 0.3) is 11.5 Å². The van der Waals surface area contributed by atoms with Gasteiger partial charge < -0.3 is 5.32 Å². The summed E-state index contributed by atoms with van der Waals surface area (Å²) in [6, 6.07) is 19.5. The molecule has 1 aromatic heterocycles. The molecule has 168 valence electrons. The van der Waals surface area contributed by atoms with Gasteiger partial charge in [0.1, 0.15) is 5.56 Å². The van der Waals surface area contributed by atoms with Crippen LogP contribution in [-0.4, -0.2) is 21.5 Å². The Morgan fingerprint density at radius 1 is 0.970 bits per heavy atom. The van der Waals surface area contributed by atoms with Crippen molar-refractivity contribution in [1.82, 2.24) is 9.36 Å². The van der Waals surface area contributed by atoms with Gasteiger partial charge in [-0.15, -0.1) is 11.8 Å². The molecule has 0 unspecified atom stereocenters. The smallest absolute Gasteiger partial charge is 0.284 e. The summed E-state index contributed by atoms with van der Waals surface area (Å²) in [7, 11) is 0.